The van der Waals surface area contributed by atoms with Crippen LogP contribution in [0.5, 0.6) is 0 Å². The second-order valence-electron chi connectivity index (χ2n) is 7.94. The molecule has 0 aliphatic heterocycles. The van der Waals surface area contributed by atoms with Gasteiger partial charge in [0.15, 0.2) is 0 Å². The second-order valence-corrected chi connectivity index (χ2v) is 7.94. The van der Waals surface area contributed by atoms with Crippen molar-refractivity contribution < 1.29 is 15.0 Å². The van der Waals surface area contributed by atoms with Gasteiger partial charge < -0.3 is 14.8 Å². The zero-order valence-electron chi connectivity index (χ0n) is 17.3. The van der Waals surface area contributed by atoms with E-state index in [1.54, 1.807) is 61.3 Å². The van der Waals surface area contributed by atoms with Gasteiger partial charge in [-0.2, -0.15) is 0 Å². The van der Waals surface area contributed by atoms with Gasteiger partial charge >= 0.3 is 0 Å². The van der Waals surface area contributed by atoms with Gasteiger partial charge in [-0.3, -0.25) is 20.1 Å². The Bertz CT molecular complexity index is 1230. The van der Waals surface area contributed by atoms with E-state index in [4.69, 9.17) is 0 Å². The molecule has 0 aliphatic carbocycles. The van der Waals surface area contributed by atoms with Gasteiger partial charge in [0.2, 0.25) is 5.95 Å². The molecule has 0 bridgehead atoms. The Labute approximate surface area is 179 Å². The third kappa shape index (κ3) is 4.60. The molecule has 8 nitrogen and oxygen atoms in total. The maximum absolute atomic E-state index is 13.0. The van der Waals surface area contributed by atoms with E-state index in [1.807, 2.05) is 18.2 Å². The molecule has 31 heavy (non-hydrogen) atoms. The van der Waals surface area contributed by atoms with E-state index < -0.39 is 5.60 Å². The van der Waals surface area contributed by atoms with Crippen molar-refractivity contribution in [2.45, 2.75) is 32.6 Å². The number of amides is 1. The largest absolute Gasteiger partial charge is 0.392 e. The number of carbonyl (C=O) groups excluding carboxylic acids is 1. The Morgan fingerprint density at radius 1 is 1.16 bits per heavy atom. The number of imidazole rings is 1. The summed E-state index contributed by atoms with van der Waals surface area (Å²) in [5, 5.41) is 22.6. The number of aliphatic hydroxyl groups is 2. The van der Waals surface area contributed by atoms with Crippen molar-refractivity contribution in [3.63, 3.8) is 0 Å². The first-order valence-electron chi connectivity index (χ1n) is 9.84. The molecule has 1 aromatic carbocycles. The van der Waals surface area contributed by atoms with Crippen LogP contribution in [0, 0.1) is 0 Å². The number of fused-ring (bicyclic) bond motifs is 1. The summed E-state index contributed by atoms with van der Waals surface area (Å²) >= 11 is 0. The number of aliphatic hydroxyl groups excluding tert-OH is 1. The highest BCUT2D eigenvalue weighted by molar-refractivity contribution is 6.04. The number of nitrogens with one attached hydrogen (secondary N) is 1. The van der Waals surface area contributed by atoms with Gasteiger partial charge in [-0.25, -0.2) is 4.98 Å². The fourth-order valence-electron chi connectivity index (χ4n) is 3.33. The summed E-state index contributed by atoms with van der Waals surface area (Å²) in [4.78, 5) is 26.0. The molecule has 3 heterocycles. The maximum atomic E-state index is 13.0. The van der Waals surface area contributed by atoms with Crippen molar-refractivity contribution in [3.05, 3.63) is 72.2 Å². The van der Waals surface area contributed by atoms with Crippen LogP contribution in [0.4, 0.5) is 5.95 Å². The van der Waals surface area contributed by atoms with Gasteiger partial charge in [-0.05, 0) is 55.8 Å². The molecule has 0 spiro atoms. The van der Waals surface area contributed by atoms with Crippen molar-refractivity contribution in [2.24, 2.45) is 0 Å². The predicted octanol–water partition coefficient (Wildman–Crippen LogP) is 3.01. The zero-order valence-corrected chi connectivity index (χ0v) is 17.3. The minimum absolute atomic E-state index is 0.107. The highest BCUT2D eigenvalue weighted by atomic mass is 16.3. The monoisotopic (exact) mass is 417 g/mol. The normalized spacial score (nSPS) is 11.6. The molecule has 0 fully saturated rings. The molecule has 3 N–H and O–H groups in total. The van der Waals surface area contributed by atoms with Crippen LogP contribution in [0.25, 0.3) is 22.3 Å². The van der Waals surface area contributed by atoms with E-state index in [0.29, 0.717) is 28.3 Å². The fourth-order valence-corrected chi connectivity index (χ4v) is 3.33. The number of hydrogen-bond donors (Lipinski definition) is 3. The lowest BCUT2D eigenvalue weighted by atomic mass is 10.1. The van der Waals surface area contributed by atoms with Crippen LogP contribution in [0.1, 0.15) is 29.8 Å². The molecule has 0 saturated carbocycles. The third-order valence-corrected chi connectivity index (χ3v) is 4.75. The van der Waals surface area contributed by atoms with E-state index in [0.717, 1.165) is 11.1 Å². The lowest BCUT2D eigenvalue weighted by Crippen LogP contribution is -2.27. The molecule has 4 rings (SSSR count). The van der Waals surface area contributed by atoms with Crippen LogP contribution >= 0.6 is 0 Å². The molecule has 0 aliphatic rings. The number of benzene rings is 1. The minimum Gasteiger partial charge on any atom is -0.392 e. The third-order valence-electron chi connectivity index (χ3n) is 4.75. The Balaban J connectivity index is 1.69. The van der Waals surface area contributed by atoms with Crippen molar-refractivity contribution in [2.75, 3.05) is 5.32 Å². The molecule has 3 aromatic heterocycles. The maximum Gasteiger partial charge on any atom is 0.258 e. The molecular weight excluding hydrogens is 394 g/mol. The summed E-state index contributed by atoms with van der Waals surface area (Å²) in [6.07, 6.45) is 4.94. The number of nitrogens with zero attached hydrogens (tertiary/aromatic N) is 4. The van der Waals surface area contributed by atoms with E-state index in [2.05, 4.69) is 20.3 Å². The summed E-state index contributed by atoms with van der Waals surface area (Å²) < 4.78 is 1.76. The molecule has 158 valence electrons. The molecular formula is C23H23N5O3. The summed E-state index contributed by atoms with van der Waals surface area (Å²) in [6, 6.07) is 12.4. The number of hydrogen-bond acceptors (Lipinski definition) is 6. The van der Waals surface area contributed by atoms with Crippen LogP contribution in [0.3, 0.4) is 0 Å². The number of aromatic nitrogens is 4. The lowest BCUT2D eigenvalue weighted by molar-refractivity contribution is 0.0630. The van der Waals surface area contributed by atoms with Crippen molar-refractivity contribution >= 4 is 22.9 Å². The van der Waals surface area contributed by atoms with E-state index >= 15 is 0 Å². The van der Waals surface area contributed by atoms with Crippen LogP contribution < -0.4 is 5.32 Å². The molecule has 1 amide bonds. The molecule has 0 radical (unpaired) electrons. The number of anilines is 1. The average molecular weight is 417 g/mol. The van der Waals surface area contributed by atoms with E-state index in [9.17, 15) is 15.0 Å². The highest BCUT2D eigenvalue weighted by Crippen LogP contribution is 2.24. The molecule has 0 atom stereocenters. The van der Waals surface area contributed by atoms with E-state index in [-0.39, 0.29) is 19.1 Å². The van der Waals surface area contributed by atoms with E-state index in [1.165, 1.54) is 0 Å². The SMILES string of the molecule is CC(C)(O)Cn1c(NC(=O)c2ccnc(-c3cccnc3)c2)nc2cc(CO)ccc21. The Morgan fingerprint density at radius 2 is 2.00 bits per heavy atom. The smallest absolute Gasteiger partial charge is 0.258 e. The van der Waals surface area contributed by atoms with Gasteiger partial charge in [0.05, 0.1) is 35.5 Å². The highest BCUT2D eigenvalue weighted by Gasteiger charge is 2.21. The standard InChI is InChI=1S/C23H23N5O3/c1-23(2,31)14-28-20-6-5-15(13-29)10-19(20)26-22(28)27-21(30)16-7-9-25-18(11-16)17-4-3-8-24-12-17/h3-12,29,31H,13-14H2,1-2H3,(H,26,27,30). The molecule has 0 unspecified atom stereocenters. The van der Waals surface area contributed by atoms with Crippen molar-refractivity contribution in [1.29, 1.82) is 0 Å². The lowest BCUT2D eigenvalue weighted by Gasteiger charge is -2.20. The summed E-state index contributed by atoms with van der Waals surface area (Å²) in [6.45, 7) is 3.50. The molecule has 4 aromatic rings. The Morgan fingerprint density at radius 3 is 2.71 bits per heavy atom. The number of carbonyl (C=O) groups is 1. The number of pyridine rings is 2. The first-order chi connectivity index (χ1) is 14.8. The average Bonchev–Trinajstić information content (AvgIpc) is 3.09. The fraction of sp³-hybridized carbons (Fsp3) is 0.217. The second kappa shape index (κ2) is 8.25. The van der Waals surface area contributed by atoms with Gasteiger partial charge in [0.25, 0.3) is 5.91 Å². The Hall–Kier alpha value is -3.62. The minimum atomic E-state index is -1.02. The topological polar surface area (TPSA) is 113 Å². The summed E-state index contributed by atoms with van der Waals surface area (Å²) in [5.74, 6) is -0.0285. The van der Waals surface area contributed by atoms with Crippen molar-refractivity contribution in [1.82, 2.24) is 19.5 Å². The van der Waals surface area contributed by atoms with Gasteiger partial charge in [-0.15, -0.1) is 0 Å². The number of rotatable bonds is 6. The van der Waals surface area contributed by atoms with Crippen LogP contribution in [0.2, 0.25) is 0 Å². The zero-order chi connectivity index (χ0) is 22.0. The predicted molar refractivity (Wildman–Crippen MR) is 117 cm³/mol. The summed E-state index contributed by atoms with van der Waals surface area (Å²) in [5.41, 5.74) is 2.94. The van der Waals surface area contributed by atoms with Crippen LogP contribution in [-0.2, 0) is 13.2 Å². The van der Waals surface area contributed by atoms with Crippen LogP contribution in [0.15, 0.2) is 61.1 Å². The Kier molecular flexibility index (Phi) is 5.50. The first-order valence-corrected chi connectivity index (χ1v) is 9.84. The van der Waals surface area contributed by atoms with Crippen LogP contribution in [-0.4, -0.2) is 41.2 Å². The van der Waals surface area contributed by atoms with Crippen molar-refractivity contribution in [3.8, 4) is 11.3 Å². The first kappa shape index (κ1) is 20.6. The van der Waals surface area contributed by atoms with Gasteiger partial charge in [0, 0.05) is 29.7 Å². The molecule has 0 saturated heterocycles. The van der Waals surface area contributed by atoms with Gasteiger partial charge in [-0.1, -0.05) is 6.07 Å². The molecule has 8 heteroatoms. The summed E-state index contributed by atoms with van der Waals surface area (Å²) in [7, 11) is 0. The van der Waals surface area contributed by atoms with Gasteiger partial charge in [0.1, 0.15) is 0 Å². The quantitative estimate of drug-likeness (QED) is 0.444.